The Kier molecular flexibility index (Phi) is 9.04. The Balaban J connectivity index is 0.955. The summed E-state index contributed by atoms with van der Waals surface area (Å²) in [4.78, 5) is 47.8. The van der Waals surface area contributed by atoms with E-state index in [0.717, 1.165) is 34.5 Å². The van der Waals surface area contributed by atoms with Crippen LogP contribution in [0.1, 0.15) is 48.5 Å². The Morgan fingerprint density at radius 2 is 1.42 bits per heavy atom. The highest BCUT2D eigenvalue weighted by molar-refractivity contribution is 7.19. The second kappa shape index (κ2) is 14.2. The topological polar surface area (TPSA) is 136 Å². The molecule has 4 aliphatic heterocycles. The molecule has 0 bridgehead atoms. The molecule has 0 spiro atoms. The molecule has 1 unspecified atom stereocenters. The SMILES string of the molecule is COc1cc2c(cc1OCc1cc(COc3cc4c(cc3OC)C(=O)N3c5ccc(C)cc5C[C@H]3CN4P)cc([N+](=O)[O-])c1)N=C[C@@H]1Cc3ccccc3N1C2=O. The van der Waals surface area contributed by atoms with E-state index in [1.165, 1.54) is 26.4 Å². The van der Waals surface area contributed by atoms with Gasteiger partial charge in [-0.15, -0.1) is 0 Å². The summed E-state index contributed by atoms with van der Waals surface area (Å²) in [6.07, 6.45) is 3.20. The van der Waals surface area contributed by atoms with Gasteiger partial charge in [-0.25, -0.2) is 0 Å². The summed E-state index contributed by atoms with van der Waals surface area (Å²) >= 11 is 0. The van der Waals surface area contributed by atoms with Crippen molar-refractivity contribution in [2.45, 2.75) is 45.1 Å². The van der Waals surface area contributed by atoms with Crippen LogP contribution in [0.5, 0.6) is 23.0 Å². The predicted octanol–water partition coefficient (Wildman–Crippen LogP) is 7.55. The molecular weight excluding hydrogens is 745 g/mol. The van der Waals surface area contributed by atoms with Crippen LogP contribution in [0.15, 0.2) is 89.9 Å². The van der Waals surface area contributed by atoms with Gasteiger partial charge in [-0.1, -0.05) is 35.9 Å². The van der Waals surface area contributed by atoms with Gasteiger partial charge < -0.3 is 28.5 Å². The average molecular weight is 784 g/mol. The molecule has 4 aliphatic rings. The Bertz CT molecular complexity index is 2540. The molecule has 57 heavy (non-hydrogen) atoms. The molecule has 2 amide bonds. The fourth-order valence-corrected chi connectivity index (χ4v) is 8.74. The van der Waals surface area contributed by atoms with Gasteiger partial charge in [0, 0.05) is 54.8 Å². The van der Waals surface area contributed by atoms with Gasteiger partial charge in [0.1, 0.15) is 13.2 Å². The number of non-ortho nitro benzene ring substituents is 1. The lowest BCUT2D eigenvalue weighted by molar-refractivity contribution is -0.385. The summed E-state index contributed by atoms with van der Waals surface area (Å²) < 4.78 is 25.8. The lowest BCUT2D eigenvalue weighted by Crippen LogP contribution is -2.40. The van der Waals surface area contributed by atoms with Crippen LogP contribution in [-0.2, 0) is 26.1 Å². The maximum Gasteiger partial charge on any atom is 0.270 e. The van der Waals surface area contributed by atoms with Crippen molar-refractivity contribution in [1.29, 1.82) is 0 Å². The number of rotatable bonds is 9. The largest absolute Gasteiger partial charge is 0.493 e. The number of carbonyl (C=O) groups excluding carboxylic acids is 2. The molecular formula is C43H38N5O8P. The van der Waals surface area contributed by atoms with Crippen LogP contribution < -0.4 is 33.4 Å². The second-order valence-electron chi connectivity index (χ2n) is 14.6. The molecule has 288 valence electrons. The van der Waals surface area contributed by atoms with E-state index in [9.17, 15) is 19.7 Å². The normalized spacial score (nSPS) is 17.4. The van der Waals surface area contributed by atoms with E-state index in [1.54, 1.807) is 41.4 Å². The molecule has 0 saturated heterocycles. The van der Waals surface area contributed by atoms with Crippen molar-refractivity contribution >= 4 is 55.9 Å². The molecule has 4 heterocycles. The average Bonchev–Trinajstić information content (AvgIpc) is 3.70. The minimum Gasteiger partial charge on any atom is -0.493 e. The Morgan fingerprint density at radius 1 is 0.754 bits per heavy atom. The highest BCUT2D eigenvalue weighted by Gasteiger charge is 2.40. The van der Waals surface area contributed by atoms with E-state index in [0.29, 0.717) is 69.6 Å². The van der Waals surface area contributed by atoms with E-state index < -0.39 is 4.92 Å². The number of benzene rings is 5. The molecule has 0 radical (unpaired) electrons. The number of nitrogens with zero attached hydrogens (tertiary/aromatic N) is 5. The number of nitro benzene ring substituents is 1. The standard InChI is InChI=1S/C43H38N5O8P/c1-24-8-9-36-28(10-24)15-31-21-45(57)37-19-41(39(54-3)17-33(37)43(50)47(31)36)56-23-26-11-25(12-29(13-26)48(51)52)22-55-40-18-34-32(16-38(40)53-2)42(49)46-30(20-44-34)14-27-6-4-5-7-35(27)46/h4-13,16-20,30-31H,14-15,21-23,57H2,1-3H3/t30-,31-/m0/s1. The van der Waals surface area contributed by atoms with Gasteiger partial charge in [0.25, 0.3) is 17.5 Å². The summed E-state index contributed by atoms with van der Waals surface area (Å²) in [5.74, 6) is 1.10. The first-order valence-corrected chi connectivity index (χ1v) is 19.0. The molecule has 5 aromatic rings. The lowest BCUT2D eigenvalue weighted by atomic mass is 10.1. The second-order valence-corrected chi connectivity index (χ2v) is 15.2. The predicted molar refractivity (Wildman–Crippen MR) is 219 cm³/mol. The monoisotopic (exact) mass is 783 g/mol. The maximum absolute atomic E-state index is 14.1. The van der Waals surface area contributed by atoms with E-state index in [-0.39, 0.29) is 42.8 Å². The Hall–Kier alpha value is -6.46. The molecule has 3 atom stereocenters. The number of methoxy groups -OCH3 is 2. The van der Waals surface area contributed by atoms with Crippen molar-refractivity contribution in [2.75, 3.05) is 35.2 Å². The van der Waals surface area contributed by atoms with E-state index >= 15 is 0 Å². The maximum atomic E-state index is 14.1. The third-order valence-electron chi connectivity index (χ3n) is 10.9. The zero-order chi connectivity index (χ0) is 39.5. The fourth-order valence-electron chi connectivity index (χ4n) is 8.29. The van der Waals surface area contributed by atoms with Crippen LogP contribution in [0.2, 0.25) is 0 Å². The number of hydrogen-bond donors (Lipinski definition) is 0. The third-order valence-corrected chi connectivity index (χ3v) is 11.4. The Morgan fingerprint density at radius 3 is 2.14 bits per heavy atom. The number of nitro groups is 1. The summed E-state index contributed by atoms with van der Waals surface area (Å²) in [7, 11) is 5.73. The minimum atomic E-state index is -0.465. The smallest absolute Gasteiger partial charge is 0.270 e. The molecule has 0 aliphatic carbocycles. The molecule has 9 rings (SSSR count). The first-order chi connectivity index (χ1) is 27.6. The number of anilines is 3. The summed E-state index contributed by atoms with van der Waals surface area (Å²) in [5.41, 5.74) is 8.05. The Labute approximate surface area is 330 Å². The molecule has 0 fully saturated rings. The number of aliphatic imine (C=N–C) groups is 1. The van der Waals surface area contributed by atoms with Crippen molar-refractivity contribution in [3.8, 4) is 23.0 Å². The number of ether oxygens (including phenoxy) is 4. The van der Waals surface area contributed by atoms with Crippen LogP contribution in [-0.4, -0.2) is 55.8 Å². The quantitative estimate of drug-likeness (QED) is 0.0844. The zero-order valence-electron chi connectivity index (χ0n) is 31.4. The van der Waals surface area contributed by atoms with Gasteiger partial charge in [-0.05, 0) is 75.3 Å². The van der Waals surface area contributed by atoms with Gasteiger partial charge in [0.2, 0.25) is 0 Å². The third kappa shape index (κ3) is 6.37. The van der Waals surface area contributed by atoms with Crippen LogP contribution in [0.4, 0.5) is 28.4 Å². The van der Waals surface area contributed by atoms with Crippen LogP contribution >= 0.6 is 9.39 Å². The van der Waals surface area contributed by atoms with Gasteiger partial charge in [-0.3, -0.25) is 29.6 Å². The van der Waals surface area contributed by atoms with Crippen LogP contribution in [0, 0.1) is 17.0 Å². The van der Waals surface area contributed by atoms with Gasteiger partial charge in [0.15, 0.2) is 23.0 Å². The number of para-hydroxylation sites is 1. The molecule has 13 nitrogen and oxygen atoms in total. The fraction of sp³-hybridized carbons (Fsp3) is 0.233. The first-order valence-electron chi connectivity index (χ1n) is 18.5. The minimum absolute atomic E-state index is 0.0319. The van der Waals surface area contributed by atoms with Crippen LogP contribution in [0.3, 0.4) is 0 Å². The van der Waals surface area contributed by atoms with E-state index in [4.69, 9.17) is 18.9 Å². The summed E-state index contributed by atoms with van der Waals surface area (Å²) in [6, 6.07) is 25.2. The van der Waals surface area contributed by atoms with E-state index in [1.807, 2.05) is 52.9 Å². The van der Waals surface area contributed by atoms with Crippen molar-refractivity contribution in [1.82, 2.24) is 0 Å². The molecule has 14 heteroatoms. The molecule has 5 aromatic carbocycles. The highest BCUT2D eigenvalue weighted by Crippen LogP contribution is 2.45. The van der Waals surface area contributed by atoms with Crippen molar-refractivity contribution in [3.63, 3.8) is 0 Å². The van der Waals surface area contributed by atoms with Gasteiger partial charge in [0.05, 0.1) is 53.7 Å². The van der Waals surface area contributed by atoms with Gasteiger partial charge in [-0.2, -0.15) is 0 Å². The lowest BCUT2D eigenvalue weighted by Gasteiger charge is -2.25. The van der Waals surface area contributed by atoms with Crippen molar-refractivity contribution < 1.29 is 33.5 Å². The number of carbonyl (C=O) groups is 2. The van der Waals surface area contributed by atoms with E-state index in [2.05, 4.69) is 20.4 Å². The number of fused-ring (bicyclic) bond motifs is 8. The van der Waals surface area contributed by atoms with Crippen molar-refractivity contribution in [3.05, 3.63) is 134 Å². The number of hydrogen-bond acceptors (Lipinski definition) is 10. The highest BCUT2D eigenvalue weighted by atomic mass is 31.0. The molecule has 0 saturated carbocycles. The molecule has 0 N–H and O–H groups in total. The summed E-state index contributed by atoms with van der Waals surface area (Å²) in [6.45, 7) is 2.56. The summed E-state index contributed by atoms with van der Waals surface area (Å²) in [5, 5.41) is 12.1. The first kappa shape index (κ1) is 36.2. The van der Waals surface area contributed by atoms with Crippen LogP contribution in [0.25, 0.3) is 0 Å². The number of aryl methyl sites for hydroxylation is 1. The zero-order valence-corrected chi connectivity index (χ0v) is 32.6. The molecule has 0 aromatic heterocycles. The number of amides is 2. The van der Waals surface area contributed by atoms with Crippen molar-refractivity contribution in [2.24, 2.45) is 4.99 Å². The van der Waals surface area contributed by atoms with Gasteiger partial charge >= 0.3 is 0 Å².